The number of amides is 1. The second-order valence-corrected chi connectivity index (χ2v) is 3.94. The van der Waals surface area contributed by atoms with Crippen LogP contribution in [-0.2, 0) is 9.59 Å². The molecule has 1 unspecified atom stereocenters. The minimum atomic E-state index is -1.13. The SMILES string of the molecule is NC(CC(=O)O)C(=O)Nc1ccc(-n2cncn2)nc1. The van der Waals surface area contributed by atoms with Crippen LogP contribution in [0.2, 0.25) is 0 Å². The van der Waals surface area contributed by atoms with Crippen molar-refractivity contribution < 1.29 is 14.7 Å². The van der Waals surface area contributed by atoms with E-state index in [0.29, 0.717) is 11.5 Å². The summed E-state index contributed by atoms with van der Waals surface area (Å²) in [5.41, 5.74) is 5.85. The summed E-state index contributed by atoms with van der Waals surface area (Å²) in [7, 11) is 0. The van der Waals surface area contributed by atoms with Crippen molar-refractivity contribution in [3.8, 4) is 5.82 Å². The maximum Gasteiger partial charge on any atom is 0.305 e. The van der Waals surface area contributed by atoms with Crippen molar-refractivity contribution in [2.45, 2.75) is 12.5 Å². The number of nitrogens with one attached hydrogen (secondary N) is 1. The average Bonchev–Trinajstić information content (AvgIpc) is 2.92. The number of rotatable bonds is 5. The Morgan fingerprint density at radius 2 is 2.25 bits per heavy atom. The lowest BCUT2D eigenvalue weighted by Gasteiger charge is -2.10. The van der Waals surface area contributed by atoms with Crippen molar-refractivity contribution >= 4 is 17.6 Å². The molecule has 2 rings (SSSR count). The Hall–Kier alpha value is -2.81. The highest BCUT2D eigenvalue weighted by molar-refractivity contribution is 5.96. The zero-order valence-corrected chi connectivity index (χ0v) is 10.3. The van der Waals surface area contributed by atoms with Crippen LogP contribution in [0.15, 0.2) is 31.0 Å². The van der Waals surface area contributed by atoms with Crippen LogP contribution in [0.1, 0.15) is 6.42 Å². The molecule has 0 radical (unpaired) electrons. The molecule has 9 nitrogen and oxygen atoms in total. The van der Waals surface area contributed by atoms with Crippen LogP contribution in [0.4, 0.5) is 5.69 Å². The van der Waals surface area contributed by atoms with E-state index < -0.39 is 24.3 Å². The molecular weight excluding hydrogens is 264 g/mol. The van der Waals surface area contributed by atoms with Crippen LogP contribution in [0.5, 0.6) is 0 Å². The second kappa shape index (κ2) is 5.89. The molecular formula is C11H12N6O3. The minimum absolute atomic E-state index is 0.416. The molecule has 1 amide bonds. The normalized spacial score (nSPS) is 11.8. The maximum atomic E-state index is 11.6. The average molecular weight is 276 g/mol. The summed E-state index contributed by atoms with van der Waals surface area (Å²) in [4.78, 5) is 29.9. The highest BCUT2D eigenvalue weighted by Gasteiger charge is 2.17. The van der Waals surface area contributed by atoms with Gasteiger partial charge < -0.3 is 16.2 Å². The van der Waals surface area contributed by atoms with Crippen LogP contribution >= 0.6 is 0 Å². The fourth-order valence-electron chi connectivity index (χ4n) is 1.44. The van der Waals surface area contributed by atoms with Gasteiger partial charge in [0.05, 0.1) is 24.3 Å². The van der Waals surface area contributed by atoms with E-state index in [0.717, 1.165) is 0 Å². The topological polar surface area (TPSA) is 136 Å². The Morgan fingerprint density at radius 1 is 1.45 bits per heavy atom. The van der Waals surface area contributed by atoms with Gasteiger partial charge in [-0.2, -0.15) is 5.10 Å². The largest absolute Gasteiger partial charge is 0.481 e. The number of pyridine rings is 1. The van der Waals surface area contributed by atoms with Gasteiger partial charge in [0.15, 0.2) is 5.82 Å². The highest BCUT2D eigenvalue weighted by atomic mass is 16.4. The van der Waals surface area contributed by atoms with Gasteiger partial charge in [0, 0.05) is 0 Å². The molecule has 2 aromatic rings. The molecule has 20 heavy (non-hydrogen) atoms. The summed E-state index contributed by atoms with van der Waals surface area (Å²) in [5, 5.41) is 14.9. The Balaban J connectivity index is 2.00. The number of carbonyl (C=O) groups excluding carboxylic acids is 1. The zero-order valence-electron chi connectivity index (χ0n) is 10.3. The van der Waals surface area contributed by atoms with E-state index in [2.05, 4.69) is 20.4 Å². The Bertz CT molecular complexity index is 595. The summed E-state index contributed by atoms with van der Waals surface area (Å²) >= 11 is 0. The summed E-state index contributed by atoms with van der Waals surface area (Å²) in [6.07, 6.45) is 3.85. The number of carboxylic acids is 1. The molecule has 104 valence electrons. The summed E-state index contributed by atoms with van der Waals surface area (Å²) in [5.74, 6) is -1.18. The van der Waals surface area contributed by atoms with E-state index in [1.54, 1.807) is 12.1 Å². The quantitative estimate of drug-likeness (QED) is 0.663. The smallest absolute Gasteiger partial charge is 0.305 e. The number of aromatic nitrogens is 4. The minimum Gasteiger partial charge on any atom is -0.481 e. The number of nitrogens with zero attached hydrogens (tertiary/aromatic N) is 4. The Kier molecular flexibility index (Phi) is 4.01. The van der Waals surface area contributed by atoms with E-state index >= 15 is 0 Å². The fourth-order valence-corrected chi connectivity index (χ4v) is 1.44. The van der Waals surface area contributed by atoms with E-state index in [4.69, 9.17) is 10.8 Å². The predicted octanol–water partition coefficient (Wildman–Crippen LogP) is -0.597. The lowest BCUT2D eigenvalue weighted by Crippen LogP contribution is -2.37. The van der Waals surface area contributed by atoms with E-state index in [1.807, 2.05) is 0 Å². The molecule has 0 bridgehead atoms. The molecule has 0 aromatic carbocycles. The Morgan fingerprint density at radius 3 is 2.80 bits per heavy atom. The molecule has 0 spiro atoms. The molecule has 9 heteroatoms. The predicted molar refractivity (Wildman–Crippen MR) is 68.0 cm³/mol. The van der Waals surface area contributed by atoms with Gasteiger partial charge in [0.2, 0.25) is 5.91 Å². The molecule has 4 N–H and O–H groups in total. The van der Waals surface area contributed by atoms with Gasteiger partial charge in [0.25, 0.3) is 0 Å². The molecule has 0 saturated heterocycles. The van der Waals surface area contributed by atoms with Crippen LogP contribution in [0.25, 0.3) is 5.82 Å². The van der Waals surface area contributed by atoms with E-state index in [1.165, 1.54) is 23.5 Å². The third-order valence-corrected chi connectivity index (χ3v) is 2.40. The first kappa shape index (κ1) is 13.6. The number of nitrogens with two attached hydrogens (primary N) is 1. The molecule has 0 aliphatic heterocycles. The van der Waals surface area contributed by atoms with Crippen molar-refractivity contribution in [2.75, 3.05) is 5.32 Å². The number of hydrogen-bond donors (Lipinski definition) is 3. The highest BCUT2D eigenvalue weighted by Crippen LogP contribution is 2.09. The maximum absolute atomic E-state index is 11.6. The van der Waals surface area contributed by atoms with Gasteiger partial charge in [-0.15, -0.1) is 0 Å². The van der Waals surface area contributed by atoms with Gasteiger partial charge in [0.1, 0.15) is 12.7 Å². The third-order valence-electron chi connectivity index (χ3n) is 2.40. The van der Waals surface area contributed by atoms with Crippen LogP contribution in [0, 0.1) is 0 Å². The Labute approximate surface area is 113 Å². The molecule has 1 atom stereocenters. The summed E-state index contributed by atoms with van der Waals surface area (Å²) in [6, 6.07) is 2.13. The first-order valence-electron chi connectivity index (χ1n) is 5.65. The fraction of sp³-hybridized carbons (Fsp3) is 0.182. The van der Waals surface area contributed by atoms with Crippen molar-refractivity contribution in [1.29, 1.82) is 0 Å². The van der Waals surface area contributed by atoms with Gasteiger partial charge in [-0.25, -0.2) is 14.6 Å². The number of hydrogen-bond acceptors (Lipinski definition) is 6. The van der Waals surface area contributed by atoms with Gasteiger partial charge in [-0.1, -0.05) is 0 Å². The van der Waals surface area contributed by atoms with Crippen molar-refractivity contribution in [3.63, 3.8) is 0 Å². The van der Waals surface area contributed by atoms with E-state index in [-0.39, 0.29) is 0 Å². The molecule has 0 aliphatic carbocycles. The molecule has 2 aromatic heterocycles. The number of carboxylic acid groups (broad SMARTS) is 1. The van der Waals surface area contributed by atoms with Gasteiger partial charge in [-0.05, 0) is 12.1 Å². The molecule has 0 saturated carbocycles. The molecule has 2 heterocycles. The lowest BCUT2D eigenvalue weighted by molar-refractivity contribution is -0.138. The molecule has 0 aliphatic rings. The van der Waals surface area contributed by atoms with Crippen LogP contribution in [0.3, 0.4) is 0 Å². The van der Waals surface area contributed by atoms with Crippen LogP contribution in [-0.4, -0.2) is 42.8 Å². The summed E-state index contributed by atoms with van der Waals surface area (Å²) < 4.78 is 1.46. The van der Waals surface area contributed by atoms with Gasteiger partial charge >= 0.3 is 5.97 Å². The van der Waals surface area contributed by atoms with E-state index in [9.17, 15) is 9.59 Å². The number of aliphatic carboxylic acids is 1. The monoisotopic (exact) mass is 276 g/mol. The summed E-state index contributed by atoms with van der Waals surface area (Å²) in [6.45, 7) is 0. The lowest BCUT2D eigenvalue weighted by atomic mass is 10.2. The number of carbonyl (C=O) groups is 2. The first-order valence-corrected chi connectivity index (χ1v) is 5.65. The van der Waals surface area contributed by atoms with Crippen molar-refractivity contribution in [3.05, 3.63) is 31.0 Å². The molecule has 0 fully saturated rings. The van der Waals surface area contributed by atoms with Crippen molar-refractivity contribution in [2.24, 2.45) is 5.73 Å². The van der Waals surface area contributed by atoms with Gasteiger partial charge in [-0.3, -0.25) is 9.59 Å². The van der Waals surface area contributed by atoms with Crippen molar-refractivity contribution in [1.82, 2.24) is 19.7 Å². The number of anilines is 1. The zero-order chi connectivity index (χ0) is 14.5. The standard InChI is InChI=1S/C11H12N6O3/c12-8(3-10(18)19)11(20)16-7-1-2-9(14-4-7)17-6-13-5-15-17/h1-2,4-6,8H,3,12H2,(H,16,20)(H,18,19). The second-order valence-electron chi connectivity index (χ2n) is 3.94. The van der Waals surface area contributed by atoms with Crippen LogP contribution < -0.4 is 11.1 Å². The first-order chi connectivity index (χ1) is 9.56. The third kappa shape index (κ3) is 3.36.